The first-order valence-corrected chi connectivity index (χ1v) is 7.95. The summed E-state index contributed by atoms with van der Waals surface area (Å²) in [6.07, 6.45) is 4.43. The summed E-state index contributed by atoms with van der Waals surface area (Å²) in [6.45, 7) is 3.23. The summed E-state index contributed by atoms with van der Waals surface area (Å²) in [5.74, 6) is 0.441. The molecule has 0 spiro atoms. The SMILES string of the molecule is CC[C@@H]1CCCN(S(=O)(=O)c2ncn(C)c2Cl)C1. The van der Waals surface area contributed by atoms with Crippen LogP contribution in [0.1, 0.15) is 26.2 Å². The average Bonchev–Trinajstić information content (AvgIpc) is 2.70. The molecule has 1 aliphatic heterocycles. The second-order valence-electron chi connectivity index (χ2n) is 4.73. The van der Waals surface area contributed by atoms with Crippen molar-refractivity contribution >= 4 is 21.6 Å². The lowest BCUT2D eigenvalue weighted by atomic mass is 9.97. The Kier molecular flexibility index (Phi) is 3.99. The molecular weight excluding hydrogens is 274 g/mol. The van der Waals surface area contributed by atoms with E-state index in [9.17, 15) is 8.42 Å². The van der Waals surface area contributed by atoms with Crippen LogP contribution in [0.5, 0.6) is 0 Å². The van der Waals surface area contributed by atoms with E-state index < -0.39 is 10.0 Å². The van der Waals surface area contributed by atoms with Crippen molar-refractivity contribution in [1.29, 1.82) is 0 Å². The van der Waals surface area contributed by atoms with Gasteiger partial charge in [-0.15, -0.1) is 0 Å². The molecule has 2 rings (SSSR count). The third-order valence-corrected chi connectivity index (χ3v) is 5.83. The van der Waals surface area contributed by atoms with Gasteiger partial charge in [0.25, 0.3) is 10.0 Å². The smallest absolute Gasteiger partial charge is 0.263 e. The average molecular weight is 292 g/mol. The molecule has 0 amide bonds. The van der Waals surface area contributed by atoms with Gasteiger partial charge in [0.05, 0.1) is 6.33 Å². The van der Waals surface area contributed by atoms with Gasteiger partial charge in [-0.1, -0.05) is 24.9 Å². The topological polar surface area (TPSA) is 55.2 Å². The zero-order valence-electron chi connectivity index (χ0n) is 10.6. The Hall–Kier alpha value is -0.590. The van der Waals surface area contributed by atoms with Gasteiger partial charge in [-0.2, -0.15) is 4.31 Å². The molecule has 0 bridgehead atoms. The first-order valence-electron chi connectivity index (χ1n) is 6.13. The molecule has 0 N–H and O–H groups in total. The van der Waals surface area contributed by atoms with E-state index in [2.05, 4.69) is 11.9 Å². The van der Waals surface area contributed by atoms with Crippen LogP contribution in [-0.2, 0) is 17.1 Å². The van der Waals surface area contributed by atoms with Gasteiger partial charge >= 0.3 is 0 Å². The summed E-state index contributed by atoms with van der Waals surface area (Å²) < 4.78 is 27.9. The predicted molar refractivity (Wildman–Crippen MR) is 70.0 cm³/mol. The van der Waals surface area contributed by atoms with Crippen molar-refractivity contribution < 1.29 is 8.42 Å². The molecule has 18 heavy (non-hydrogen) atoms. The number of imidazole rings is 1. The molecule has 102 valence electrons. The Morgan fingerprint density at radius 3 is 2.83 bits per heavy atom. The zero-order valence-corrected chi connectivity index (χ0v) is 12.2. The first kappa shape index (κ1) is 13.8. The lowest BCUT2D eigenvalue weighted by Crippen LogP contribution is -2.39. The number of piperidine rings is 1. The minimum Gasteiger partial charge on any atom is -0.324 e. The van der Waals surface area contributed by atoms with Crippen molar-refractivity contribution in [3.63, 3.8) is 0 Å². The lowest BCUT2D eigenvalue weighted by molar-refractivity contribution is 0.261. The zero-order chi connectivity index (χ0) is 13.3. The van der Waals surface area contributed by atoms with Crippen molar-refractivity contribution in [2.75, 3.05) is 13.1 Å². The maximum absolute atomic E-state index is 12.4. The van der Waals surface area contributed by atoms with Crippen LogP contribution in [-0.4, -0.2) is 35.4 Å². The minimum atomic E-state index is -3.55. The van der Waals surface area contributed by atoms with Crippen LogP contribution in [0.3, 0.4) is 0 Å². The van der Waals surface area contributed by atoms with Crippen LogP contribution in [0.2, 0.25) is 5.15 Å². The molecule has 0 aliphatic carbocycles. The largest absolute Gasteiger partial charge is 0.324 e. The quantitative estimate of drug-likeness (QED) is 0.854. The molecule has 1 fully saturated rings. The number of hydrogen-bond acceptors (Lipinski definition) is 3. The molecule has 0 aromatic carbocycles. The lowest BCUT2D eigenvalue weighted by Gasteiger charge is -2.30. The Bertz CT molecular complexity index is 526. The maximum Gasteiger partial charge on any atom is 0.263 e. The molecule has 0 radical (unpaired) electrons. The van der Waals surface area contributed by atoms with Crippen LogP contribution < -0.4 is 0 Å². The summed E-state index contributed by atoms with van der Waals surface area (Å²) in [5, 5.41) is 0.150. The monoisotopic (exact) mass is 291 g/mol. The van der Waals surface area contributed by atoms with Gasteiger partial charge in [-0.3, -0.25) is 0 Å². The summed E-state index contributed by atoms with van der Waals surface area (Å²) in [7, 11) is -1.87. The van der Waals surface area contributed by atoms with E-state index in [0.29, 0.717) is 19.0 Å². The molecule has 1 saturated heterocycles. The number of aryl methyl sites for hydroxylation is 1. The fraction of sp³-hybridized carbons (Fsp3) is 0.727. The molecule has 1 aliphatic rings. The van der Waals surface area contributed by atoms with Crippen molar-refractivity contribution in [3.05, 3.63) is 11.5 Å². The Labute approximate surface area is 113 Å². The van der Waals surface area contributed by atoms with Gasteiger partial charge in [-0.25, -0.2) is 13.4 Å². The molecule has 1 aromatic heterocycles. The number of nitrogens with zero attached hydrogens (tertiary/aromatic N) is 3. The molecule has 2 heterocycles. The van der Waals surface area contributed by atoms with E-state index in [1.807, 2.05) is 0 Å². The van der Waals surface area contributed by atoms with Gasteiger partial charge in [0.2, 0.25) is 5.03 Å². The van der Waals surface area contributed by atoms with Crippen molar-refractivity contribution in [1.82, 2.24) is 13.9 Å². The van der Waals surface area contributed by atoms with Gasteiger partial charge in [0.15, 0.2) is 0 Å². The second kappa shape index (κ2) is 5.19. The fourth-order valence-corrected chi connectivity index (χ4v) is 4.21. The molecule has 0 saturated carbocycles. The second-order valence-corrected chi connectivity index (χ2v) is 6.94. The molecule has 1 aromatic rings. The van der Waals surface area contributed by atoms with Crippen LogP contribution in [0.15, 0.2) is 11.4 Å². The van der Waals surface area contributed by atoms with E-state index in [1.54, 1.807) is 7.05 Å². The molecule has 5 nitrogen and oxygen atoms in total. The first-order chi connectivity index (χ1) is 8.46. The van der Waals surface area contributed by atoms with E-state index in [-0.39, 0.29) is 10.2 Å². The van der Waals surface area contributed by atoms with Gasteiger partial charge in [0, 0.05) is 20.1 Å². The number of sulfonamides is 1. The Morgan fingerprint density at radius 1 is 1.56 bits per heavy atom. The third-order valence-electron chi connectivity index (χ3n) is 3.48. The standard InChI is InChI=1S/C11H18ClN3O2S/c1-3-9-5-4-6-15(7-9)18(16,17)11-10(12)14(2)8-13-11/h8-9H,3-7H2,1-2H3/t9-/m1/s1. The molecular formula is C11H18ClN3O2S. The Morgan fingerprint density at radius 2 is 2.28 bits per heavy atom. The van der Waals surface area contributed by atoms with Crippen molar-refractivity contribution in [2.45, 2.75) is 31.2 Å². The number of hydrogen-bond donors (Lipinski definition) is 0. The Balaban J connectivity index is 2.28. The number of halogens is 1. The molecule has 7 heteroatoms. The van der Waals surface area contributed by atoms with Gasteiger partial charge < -0.3 is 4.57 Å². The summed E-state index contributed by atoms with van der Waals surface area (Å²) in [6, 6.07) is 0. The summed E-state index contributed by atoms with van der Waals surface area (Å²) in [4.78, 5) is 3.91. The summed E-state index contributed by atoms with van der Waals surface area (Å²) in [5.41, 5.74) is 0. The van der Waals surface area contributed by atoms with Gasteiger partial charge in [0.1, 0.15) is 5.15 Å². The number of aromatic nitrogens is 2. The maximum atomic E-state index is 12.4. The van der Waals surface area contributed by atoms with E-state index in [0.717, 1.165) is 19.3 Å². The van der Waals surface area contributed by atoms with Crippen molar-refractivity contribution in [2.24, 2.45) is 13.0 Å². The van der Waals surface area contributed by atoms with E-state index >= 15 is 0 Å². The molecule has 1 atom stereocenters. The van der Waals surface area contributed by atoms with Crippen LogP contribution in [0, 0.1) is 5.92 Å². The number of rotatable bonds is 3. The highest BCUT2D eigenvalue weighted by Crippen LogP contribution is 2.27. The highest BCUT2D eigenvalue weighted by atomic mass is 35.5. The normalized spacial score (nSPS) is 22.3. The summed E-state index contributed by atoms with van der Waals surface area (Å²) >= 11 is 5.98. The fourth-order valence-electron chi connectivity index (χ4n) is 2.27. The van der Waals surface area contributed by atoms with Gasteiger partial charge in [-0.05, 0) is 18.8 Å². The molecule has 0 unspecified atom stereocenters. The predicted octanol–water partition coefficient (Wildman–Crippen LogP) is 1.88. The highest BCUT2D eigenvalue weighted by Gasteiger charge is 2.33. The van der Waals surface area contributed by atoms with Crippen molar-refractivity contribution in [3.8, 4) is 0 Å². The van der Waals surface area contributed by atoms with E-state index in [1.165, 1.54) is 15.2 Å². The van der Waals surface area contributed by atoms with Crippen LogP contribution in [0.4, 0.5) is 0 Å². The van der Waals surface area contributed by atoms with Crippen LogP contribution in [0.25, 0.3) is 0 Å². The van der Waals surface area contributed by atoms with Crippen LogP contribution >= 0.6 is 11.6 Å². The highest BCUT2D eigenvalue weighted by molar-refractivity contribution is 7.89. The third kappa shape index (κ3) is 2.41. The van der Waals surface area contributed by atoms with E-state index in [4.69, 9.17) is 11.6 Å². The minimum absolute atomic E-state index is 0.0246.